The third-order valence-electron chi connectivity index (χ3n) is 0.462. The Bertz CT molecular complexity index is 162. The Morgan fingerprint density at radius 2 is 2.00 bits per heavy atom. The predicted molar refractivity (Wildman–Crippen MR) is 41.1 cm³/mol. The third-order valence-corrected chi connectivity index (χ3v) is 1.39. The Morgan fingerprint density at radius 3 is 2.00 bits per heavy atom. The minimum atomic E-state index is -3.67. The summed E-state index contributed by atoms with van der Waals surface area (Å²) in [5, 5.41) is 0. The molecule has 0 heterocycles. The largest absolute Gasteiger partial charge is 0.405 e. The van der Waals surface area contributed by atoms with Crippen LogP contribution in [0.3, 0.4) is 0 Å². The van der Waals surface area contributed by atoms with Crippen LogP contribution in [0.5, 0.6) is 0 Å². The maximum absolute atomic E-state index is 9.79. The number of hydrogen-bond acceptors (Lipinski definition) is 3. The number of rotatable bonds is 2. The number of hydrogen-bond donors (Lipinski definition) is 2. The summed E-state index contributed by atoms with van der Waals surface area (Å²) in [5.41, 5.74) is 4.61. The lowest BCUT2D eigenvalue weighted by molar-refractivity contribution is 0.482. The fourth-order valence-electron chi connectivity index (χ4n) is 0.258. The smallest absolute Gasteiger partial charge is 0.264 e. The van der Waals surface area contributed by atoms with E-state index < -0.39 is 10.1 Å². The van der Waals surface area contributed by atoms with Crippen molar-refractivity contribution in [1.82, 2.24) is 0 Å². The summed E-state index contributed by atoms with van der Waals surface area (Å²) in [5.74, 6) is -0.132. The van der Waals surface area contributed by atoms with Crippen LogP contribution >= 0.6 is 0 Å². The van der Waals surface area contributed by atoms with Crippen molar-refractivity contribution in [2.45, 2.75) is 13.3 Å². The van der Waals surface area contributed by atoms with Gasteiger partial charge in [-0.2, -0.15) is 8.42 Å². The molecule has 0 bridgehead atoms. The molecule has 0 aromatic heterocycles. The molecule has 0 saturated heterocycles. The third kappa shape index (κ3) is 26.0. The first-order valence-electron chi connectivity index (χ1n) is 2.75. The Morgan fingerprint density at radius 1 is 1.70 bits per heavy atom. The van der Waals surface area contributed by atoms with Crippen molar-refractivity contribution in [3.63, 3.8) is 0 Å². The van der Waals surface area contributed by atoms with Crippen LogP contribution in [0, 0.1) is 0 Å². The molecule has 0 aliphatic heterocycles. The van der Waals surface area contributed by atoms with Crippen molar-refractivity contribution < 1.29 is 13.0 Å². The molecule has 0 fully saturated rings. The molecule has 0 atom stereocenters. The zero-order valence-electron chi connectivity index (χ0n) is 5.95. The summed E-state index contributed by atoms with van der Waals surface area (Å²) in [7, 11) is -3.67. The maximum atomic E-state index is 9.79. The first-order valence-corrected chi connectivity index (χ1v) is 4.36. The monoisotopic (exact) mass is 167 g/mol. The van der Waals surface area contributed by atoms with E-state index >= 15 is 0 Å². The molecule has 10 heavy (non-hydrogen) atoms. The van der Waals surface area contributed by atoms with Gasteiger partial charge in [-0.3, -0.25) is 4.55 Å². The predicted octanol–water partition coefficient (Wildman–Crippen LogP) is 0.373. The molecule has 0 aliphatic rings. The van der Waals surface area contributed by atoms with Crippen LogP contribution in [0.4, 0.5) is 0 Å². The first kappa shape index (κ1) is 12.2. The van der Waals surface area contributed by atoms with Gasteiger partial charge in [-0.05, 0) is 12.6 Å². The fraction of sp³-hybridized carbons (Fsp3) is 0.600. The van der Waals surface area contributed by atoms with Gasteiger partial charge < -0.3 is 5.73 Å². The van der Waals surface area contributed by atoms with Crippen LogP contribution in [0.25, 0.3) is 0 Å². The Labute approximate surface area is 61.5 Å². The summed E-state index contributed by atoms with van der Waals surface area (Å²) in [6.07, 6.45) is 1.72. The van der Waals surface area contributed by atoms with Gasteiger partial charge in [0.05, 0.1) is 5.75 Å². The lowest BCUT2D eigenvalue weighted by Gasteiger charge is -1.85. The molecule has 0 rings (SSSR count). The molecule has 0 amide bonds. The summed E-state index contributed by atoms with van der Waals surface area (Å²) in [4.78, 5) is 0. The Balaban J connectivity index is 0. The fourth-order valence-corrected chi connectivity index (χ4v) is 0.774. The maximum Gasteiger partial charge on any atom is 0.264 e. The van der Waals surface area contributed by atoms with Gasteiger partial charge in [0.15, 0.2) is 0 Å². The molecular formula is C5H13NO3S. The molecule has 0 aromatic carbocycles. The standard InChI is InChI=1S/C3H8O3S.C2H5N/c1-2-3-7(4,5)6;1-2-3/h2-3H2,1H3,(H,4,5,6);2H,1,3H2. The zero-order chi connectivity index (χ0) is 8.62. The Hall–Kier alpha value is -0.550. The van der Waals surface area contributed by atoms with E-state index in [0.29, 0.717) is 6.42 Å². The minimum absolute atomic E-state index is 0.132. The van der Waals surface area contributed by atoms with E-state index in [1.165, 1.54) is 6.20 Å². The van der Waals surface area contributed by atoms with E-state index in [0.717, 1.165) is 0 Å². The topological polar surface area (TPSA) is 80.4 Å². The summed E-state index contributed by atoms with van der Waals surface area (Å²) in [6.45, 7) is 4.83. The molecule has 0 radical (unpaired) electrons. The van der Waals surface area contributed by atoms with Gasteiger partial charge in [-0.25, -0.2) is 0 Å². The van der Waals surface area contributed by atoms with Gasteiger partial charge in [0.2, 0.25) is 0 Å². The highest BCUT2D eigenvalue weighted by Gasteiger charge is 1.98. The summed E-state index contributed by atoms with van der Waals surface area (Å²) >= 11 is 0. The molecule has 0 saturated carbocycles. The van der Waals surface area contributed by atoms with E-state index in [2.05, 4.69) is 12.3 Å². The average molecular weight is 167 g/mol. The average Bonchev–Trinajstić information content (AvgIpc) is 1.63. The van der Waals surface area contributed by atoms with E-state index in [1.807, 2.05) is 0 Å². The normalized spacial score (nSPS) is 9.40. The molecule has 4 nitrogen and oxygen atoms in total. The lowest BCUT2D eigenvalue weighted by Crippen LogP contribution is -2.01. The summed E-state index contributed by atoms with van der Waals surface area (Å²) in [6, 6.07) is 0. The second kappa shape index (κ2) is 6.57. The SMILES string of the molecule is C=CN.CCCS(=O)(=O)O. The first-order chi connectivity index (χ1) is 4.47. The molecule has 5 heteroatoms. The van der Waals surface area contributed by atoms with Crippen LogP contribution in [0.2, 0.25) is 0 Å². The quantitative estimate of drug-likeness (QED) is 0.582. The zero-order valence-corrected chi connectivity index (χ0v) is 6.76. The van der Waals surface area contributed by atoms with Crippen LogP contribution in [-0.4, -0.2) is 18.7 Å². The van der Waals surface area contributed by atoms with Gasteiger partial charge in [0.25, 0.3) is 10.1 Å². The molecule has 0 unspecified atom stereocenters. The second-order valence-corrected chi connectivity index (χ2v) is 3.09. The van der Waals surface area contributed by atoms with Crippen LogP contribution in [0.1, 0.15) is 13.3 Å². The molecule has 0 aliphatic carbocycles. The van der Waals surface area contributed by atoms with Gasteiger partial charge in [-0.15, -0.1) is 0 Å². The molecule has 0 spiro atoms. The van der Waals surface area contributed by atoms with Crippen LogP contribution < -0.4 is 5.73 Å². The van der Waals surface area contributed by atoms with E-state index in [-0.39, 0.29) is 5.75 Å². The van der Waals surface area contributed by atoms with Gasteiger partial charge in [0, 0.05) is 0 Å². The number of nitrogens with two attached hydrogens (primary N) is 1. The highest BCUT2D eigenvalue weighted by Crippen LogP contribution is 1.83. The summed E-state index contributed by atoms with van der Waals surface area (Å²) < 4.78 is 27.6. The van der Waals surface area contributed by atoms with Crippen molar-refractivity contribution in [3.8, 4) is 0 Å². The van der Waals surface area contributed by atoms with E-state index in [1.54, 1.807) is 6.92 Å². The van der Waals surface area contributed by atoms with Gasteiger partial charge >= 0.3 is 0 Å². The van der Waals surface area contributed by atoms with Crippen molar-refractivity contribution in [3.05, 3.63) is 12.8 Å². The van der Waals surface area contributed by atoms with Crippen LogP contribution in [-0.2, 0) is 10.1 Å². The Kier molecular flexibility index (Phi) is 7.99. The molecule has 62 valence electrons. The van der Waals surface area contributed by atoms with E-state index in [4.69, 9.17) is 4.55 Å². The van der Waals surface area contributed by atoms with Gasteiger partial charge in [0.1, 0.15) is 0 Å². The molecular weight excluding hydrogens is 154 g/mol. The molecule has 3 N–H and O–H groups in total. The highest BCUT2D eigenvalue weighted by molar-refractivity contribution is 7.85. The van der Waals surface area contributed by atoms with Crippen molar-refractivity contribution in [2.75, 3.05) is 5.75 Å². The minimum Gasteiger partial charge on any atom is -0.405 e. The highest BCUT2D eigenvalue weighted by atomic mass is 32.2. The second-order valence-electron chi connectivity index (χ2n) is 1.52. The van der Waals surface area contributed by atoms with Crippen molar-refractivity contribution in [1.29, 1.82) is 0 Å². The van der Waals surface area contributed by atoms with Crippen molar-refractivity contribution in [2.24, 2.45) is 5.73 Å². The van der Waals surface area contributed by atoms with E-state index in [9.17, 15) is 8.42 Å². The van der Waals surface area contributed by atoms with Gasteiger partial charge in [-0.1, -0.05) is 13.5 Å². The lowest BCUT2D eigenvalue weighted by atomic mass is 10.6. The van der Waals surface area contributed by atoms with Crippen molar-refractivity contribution >= 4 is 10.1 Å². The van der Waals surface area contributed by atoms with Crippen LogP contribution in [0.15, 0.2) is 12.8 Å². The molecule has 0 aromatic rings.